The highest BCUT2D eigenvalue weighted by atomic mass is 16.5. The van der Waals surface area contributed by atoms with Gasteiger partial charge >= 0.3 is 5.97 Å². The zero-order valence-corrected chi connectivity index (χ0v) is 8.09. The monoisotopic (exact) mass is 205 g/mol. The minimum atomic E-state index is -0.412. The molecule has 2 rings (SSSR count). The summed E-state index contributed by atoms with van der Waals surface area (Å²) in [5.41, 5.74) is 0.609. The molecular weight excluding hydrogens is 194 g/mol. The normalized spacial score (nSPS) is 20.8. The van der Waals surface area contributed by atoms with Gasteiger partial charge in [-0.15, -0.1) is 0 Å². The quantitative estimate of drug-likeness (QED) is 0.581. The number of ether oxygens (including phenoxy) is 1. The maximum Gasteiger partial charge on any atom is 0.330 e. The summed E-state index contributed by atoms with van der Waals surface area (Å²) in [4.78, 5) is 15.2. The van der Waals surface area contributed by atoms with Gasteiger partial charge in [0.1, 0.15) is 5.75 Å². The highest BCUT2D eigenvalue weighted by Gasteiger charge is 2.24. The lowest BCUT2D eigenvalue weighted by Gasteiger charge is -1.99. The highest BCUT2D eigenvalue weighted by molar-refractivity contribution is 5.86. The molecule has 1 heterocycles. The third kappa shape index (κ3) is 2.15. The second kappa shape index (κ2) is 4.13. The minimum Gasteiger partial charge on any atom is -0.507 e. The molecule has 1 saturated heterocycles. The molecule has 1 N–H and O–H groups in total. The molecular formula is C11H11NO3. The fourth-order valence-electron chi connectivity index (χ4n) is 1.39. The molecule has 0 saturated carbocycles. The van der Waals surface area contributed by atoms with Crippen molar-refractivity contribution in [2.24, 2.45) is 4.99 Å². The summed E-state index contributed by atoms with van der Waals surface area (Å²) in [7, 11) is 0. The number of para-hydroxylation sites is 1. The Labute approximate surface area is 87.2 Å². The molecule has 0 amide bonds. The molecule has 15 heavy (non-hydrogen) atoms. The number of aliphatic imine (C=N–C) groups is 1. The molecule has 1 aliphatic heterocycles. The van der Waals surface area contributed by atoms with Crippen molar-refractivity contribution in [3.8, 4) is 5.75 Å². The van der Waals surface area contributed by atoms with Crippen LogP contribution >= 0.6 is 0 Å². The van der Waals surface area contributed by atoms with Crippen LogP contribution in [-0.4, -0.2) is 29.9 Å². The number of hydrogen-bond acceptors (Lipinski definition) is 4. The van der Waals surface area contributed by atoms with Gasteiger partial charge in [0.25, 0.3) is 0 Å². The molecule has 1 aromatic carbocycles. The maximum absolute atomic E-state index is 11.1. The molecule has 0 radical (unpaired) electrons. The molecule has 0 bridgehead atoms. The van der Waals surface area contributed by atoms with Gasteiger partial charge in [-0.1, -0.05) is 12.1 Å². The summed E-state index contributed by atoms with van der Waals surface area (Å²) < 4.78 is 4.77. The third-order valence-electron chi connectivity index (χ3n) is 2.24. The lowest BCUT2D eigenvalue weighted by molar-refractivity contribution is -0.138. The number of phenols is 1. The molecule has 4 heteroatoms. The molecule has 1 aromatic rings. The fraction of sp³-hybridized carbons (Fsp3) is 0.273. The van der Waals surface area contributed by atoms with Gasteiger partial charge in [0.2, 0.25) is 0 Å². The first-order valence-electron chi connectivity index (χ1n) is 4.75. The zero-order chi connectivity index (χ0) is 10.7. The Morgan fingerprint density at radius 1 is 1.47 bits per heavy atom. The molecule has 0 spiro atoms. The standard InChI is InChI=1S/C11H11NO3/c13-10-4-2-1-3-8(10)7-12-9-5-6-15-11(9)14/h1-4,7,9,13H,5-6H2. The number of aromatic hydroxyl groups is 1. The van der Waals surface area contributed by atoms with E-state index < -0.39 is 6.04 Å². The van der Waals surface area contributed by atoms with Gasteiger partial charge in [0, 0.05) is 18.2 Å². The van der Waals surface area contributed by atoms with Gasteiger partial charge in [-0.25, -0.2) is 4.79 Å². The van der Waals surface area contributed by atoms with Gasteiger partial charge in [-0.05, 0) is 12.1 Å². The third-order valence-corrected chi connectivity index (χ3v) is 2.24. The number of hydrogen-bond donors (Lipinski definition) is 1. The molecule has 1 atom stereocenters. The summed E-state index contributed by atoms with van der Waals surface area (Å²) in [5.74, 6) is -0.130. The average molecular weight is 205 g/mol. The highest BCUT2D eigenvalue weighted by Crippen LogP contribution is 2.15. The van der Waals surface area contributed by atoms with Crippen LogP contribution in [0.3, 0.4) is 0 Å². The first-order chi connectivity index (χ1) is 7.27. The smallest absolute Gasteiger partial charge is 0.330 e. The van der Waals surface area contributed by atoms with Crippen LogP contribution in [0.4, 0.5) is 0 Å². The lowest BCUT2D eigenvalue weighted by Crippen LogP contribution is -2.11. The van der Waals surface area contributed by atoms with Crippen molar-refractivity contribution >= 4 is 12.2 Å². The Kier molecular flexibility index (Phi) is 2.67. The average Bonchev–Trinajstić information content (AvgIpc) is 2.63. The van der Waals surface area contributed by atoms with E-state index in [0.717, 1.165) is 0 Å². The van der Waals surface area contributed by atoms with E-state index in [1.807, 2.05) is 0 Å². The molecule has 4 nitrogen and oxygen atoms in total. The van der Waals surface area contributed by atoms with Crippen molar-refractivity contribution in [2.45, 2.75) is 12.5 Å². The molecule has 0 aromatic heterocycles. The van der Waals surface area contributed by atoms with Crippen LogP contribution in [-0.2, 0) is 9.53 Å². The van der Waals surface area contributed by atoms with Gasteiger partial charge in [-0.3, -0.25) is 4.99 Å². The van der Waals surface area contributed by atoms with E-state index in [1.54, 1.807) is 24.3 Å². The first-order valence-corrected chi connectivity index (χ1v) is 4.75. The van der Waals surface area contributed by atoms with Crippen LogP contribution in [0, 0.1) is 0 Å². The van der Waals surface area contributed by atoms with Crippen LogP contribution in [0.25, 0.3) is 0 Å². The lowest BCUT2D eigenvalue weighted by atomic mass is 10.2. The number of carbonyl (C=O) groups excluding carboxylic acids is 1. The topological polar surface area (TPSA) is 58.9 Å². The van der Waals surface area contributed by atoms with E-state index >= 15 is 0 Å². The largest absolute Gasteiger partial charge is 0.507 e. The summed E-state index contributed by atoms with van der Waals surface area (Å²) >= 11 is 0. The number of nitrogens with zero attached hydrogens (tertiary/aromatic N) is 1. The molecule has 0 aliphatic carbocycles. The van der Waals surface area contributed by atoms with Crippen molar-refractivity contribution in [1.29, 1.82) is 0 Å². The van der Waals surface area contributed by atoms with E-state index in [0.29, 0.717) is 18.6 Å². The number of esters is 1. The van der Waals surface area contributed by atoms with E-state index in [9.17, 15) is 9.90 Å². The Hall–Kier alpha value is -1.84. The second-order valence-electron chi connectivity index (χ2n) is 3.31. The molecule has 78 valence electrons. The predicted octanol–water partition coefficient (Wildman–Crippen LogP) is 1.13. The Bertz CT molecular complexity index is 401. The summed E-state index contributed by atoms with van der Waals surface area (Å²) in [6.07, 6.45) is 2.12. The van der Waals surface area contributed by atoms with Gasteiger partial charge in [-0.2, -0.15) is 0 Å². The molecule has 1 unspecified atom stereocenters. The van der Waals surface area contributed by atoms with Crippen LogP contribution in [0.5, 0.6) is 5.75 Å². The van der Waals surface area contributed by atoms with Crippen molar-refractivity contribution in [3.05, 3.63) is 29.8 Å². The molecule has 1 aliphatic rings. The van der Waals surface area contributed by atoms with Crippen LogP contribution in [0.2, 0.25) is 0 Å². The predicted molar refractivity (Wildman–Crippen MR) is 55.1 cm³/mol. The Balaban J connectivity index is 2.11. The van der Waals surface area contributed by atoms with Crippen LogP contribution < -0.4 is 0 Å². The summed E-state index contributed by atoms with van der Waals surface area (Å²) in [6.45, 7) is 0.432. The minimum absolute atomic E-state index is 0.160. The number of cyclic esters (lactones) is 1. The SMILES string of the molecule is O=C1OCCC1N=Cc1ccccc1O. The van der Waals surface area contributed by atoms with Crippen molar-refractivity contribution < 1.29 is 14.6 Å². The van der Waals surface area contributed by atoms with Gasteiger partial charge in [0.15, 0.2) is 6.04 Å². The van der Waals surface area contributed by atoms with Crippen LogP contribution in [0.15, 0.2) is 29.3 Å². The fourth-order valence-corrected chi connectivity index (χ4v) is 1.39. The van der Waals surface area contributed by atoms with Gasteiger partial charge < -0.3 is 9.84 Å². The number of phenolic OH excluding ortho intramolecular Hbond substituents is 1. The van der Waals surface area contributed by atoms with Gasteiger partial charge in [0.05, 0.1) is 6.61 Å². The Morgan fingerprint density at radius 2 is 2.27 bits per heavy atom. The van der Waals surface area contributed by atoms with E-state index in [2.05, 4.69) is 4.99 Å². The van der Waals surface area contributed by atoms with Crippen molar-refractivity contribution in [3.63, 3.8) is 0 Å². The maximum atomic E-state index is 11.1. The number of rotatable bonds is 2. The van der Waals surface area contributed by atoms with E-state index in [1.165, 1.54) is 6.21 Å². The second-order valence-corrected chi connectivity index (χ2v) is 3.31. The van der Waals surface area contributed by atoms with E-state index in [-0.39, 0.29) is 11.7 Å². The van der Waals surface area contributed by atoms with E-state index in [4.69, 9.17) is 4.74 Å². The van der Waals surface area contributed by atoms with Crippen molar-refractivity contribution in [2.75, 3.05) is 6.61 Å². The van der Waals surface area contributed by atoms with Crippen LogP contribution in [0.1, 0.15) is 12.0 Å². The zero-order valence-electron chi connectivity index (χ0n) is 8.09. The summed E-state index contributed by atoms with van der Waals surface area (Å²) in [5, 5.41) is 9.44. The molecule has 1 fully saturated rings. The van der Waals surface area contributed by atoms with Crippen molar-refractivity contribution in [1.82, 2.24) is 0 Å². The number of carbonyl (C=O) groups is 1. The first kappa shape index (κ1) is 9.71. The number of benzene rings is 1. The Morgan fingerprint density at radius 3 is 2.93 bits per heavy atom. The summed E-state index contributed by atoms with van der Waals surface area (Å²) in [6, 6.07) is 6.43.